The number of hydrogen-bond donors (Lipinski definition) is 2. The van der Waals surface area contributed by atoms with Crippen molar-refractivity contribution in [2.75, 3.05) is 39.0 Å². The number of amides is 1. The molecule has 2 N–H and O–H groups in total. The lowest BCUT2D eigenvalue weighted by Gasteiger charge is -2.18. The molecule has 1 amide bonds. The lowest BCUT2D eigenvalue weighted by Crippen LogP contribution is -2.41. The van der Waals surface area contributed by atoms with Crippen LogP contribution in [0.4, 0.5) is 4.39 Å². The van der Waals surface area contributed by atoms with E-state index in [4.69, 9.17) is 0 Å². The van der Waals surface area contributed by atoms with E-state index < -0.39 is 0 Å². The highest BCUT2D eigenvalue weighted by Crippen LogP contribution is 2.18. The highest BCUT2D eigenvalue weighted by Gasteiger charge is 2.29. The predicted molar refractivity (Wildman–Crippen MR) is 127 cm³/mol. The van der Waals surface area contributed by atoms with Crippen molar-refractivity contribution in [2.45, 2.75) is 18.6 Å². The first-order chi connectivity index (χ1) is 15.2. The van der Waals surface area contributed by atoms with Gasteiger partial charge in [-0.2, -0.15) is 11.8 Å². The monoisotopic (exact) mass is 442 g/mol. The number of hydrogen-bond acceptors (Lipinski definition) is 3. The van der Waals surface area contributed by atoms with E-state index in [-0.39, 0.29) is 17.6 Å². The first-order valence-corrected chi connectivity index (χ1v) is 11.9. The molecule has 0 saturated carbocycles. The number of likely N-dealkylation sites (tertiary alicyclic amines) is 1. The van der Waals surface area contributed by atoms with Crippen LogP contribution in [0.25, 0.3) is 0 Å². The quantitative estimate of drug-likeness (QED) is 0.337. The number of carbonyl (C=O) groups is 1. The van der Waals surface area contributed by atoms with Crippen LogP contribution in [0.3, 0.4) is 0 Å². The molecule has 5 nitrogen and oxygen atoms in total. The molecule has 1 saturated heterocycles. The minimum Gasteiger partial charge on any atom is -0.356 e. The molecule has 0 spiro atoms. The third-order valence-corrected chi connectivity index (χ3v) is 6.35. The van der Waals surface area contributed by atoms with Crippen molar-refractivity contribution in [2.24, 2.45) is 10.9 Å². The summed E-state index contributed by atoms with van der Waals surface area (Å²) in [6.45, 7) is 3.01. The summed E-state index contributed by atoms with van der Waals surface area (Å²) in [5.41, 5.74) is 1.99. The van der Waals surface area contributed by atoms with Crippen LogP contribution in [0.5, 0.6) is 0 Å². The molecule has 2 aromatic rings. The van der Waals surface area contributed by atoms with Gasteiger partial charge >= 0.3 is 0 Å². The molecule has 1 fully saturated rings. The Morgan fingerprint density at radius 3 is 2.71 bits per heavy atom. The van der Waals surface area contributed by atoms with Gasteiger partial charge < -0.3 is 15.5 Å². The Bertz CT molecular complexity index is 862. The topological polar surface area (TPSA) is 56.7 Å². The summed E-state index contributed by atoms with van der Waals surface area (Å²) >= 11 is 1.68. The first-order valence-electron chi connectivity index (χ1n) is 10.7. The molecule has 7 heteroatoms. The molecule has 1 aliphatic rings. The fourth-order valence-electron chi connectivity index (χ4n) is 3.62. The van der Waals surface area contributed by atoms with Gasteiger partial charge in [0, 0.05) is 57.1 Å². The van der Waals surface area contributed by atoms with E-state index in [0.29, 0.717) is 12.2 Å². The lowest BCUT2D eigenvalue weighted by atomic mass is 10.1. The van der Waals surface area contributed by atoms with Crippen LogP contribution >= 0.6 is 11.8 Å². The Morgan fingerprint density at radius 2 is 1.94 bits per heavy atom. The van der Waals surface area contributed by atoms with Crippen LogP contribution in [-0.2, 0) is 17.0 Å². The number of carbonyl (C=O) groups excluding carboxylic acids is 1. The summed E-state index contributed by atoms with van der Waals surface area (Å²) < 4.78 is 13.6. The molecule has 0 aliphatic carbocycles. The molecule has 1 heterocycles. The second-order valence-electron chi connectivity index (χ2n) is 7.67. The van der Waals surface area contributed by atoms with E-state index in [0.717, 1.165) is 49.9 Å². The van der Waals surface area contributed by atoms with Crippen LogP contribution in [0.1, 0.15) is 17.5 Å². The lowest BCUT2D eigenvalue weighted by molar-refractivity contribution is -0.127. The Kier molecular flexibility index (Phi) is 9.21. The van der Waals surface area contributed by atoms with E-state index in [2.05, 4.69) is 27.8 Å². The van der Waals surface area contributed by atoms with Gasteiger partial charge in [-0.1, -0.05) is 48.5 Å². The molecule has 31 heavy (non-hydrogen) atoms. The molecular weight excluding hydrogens is 411 g/mol. The largest absolute Gasteiger partial charge is 0.356 e. The van der Waals surface area contributed by atoms with Gasteiger partial charge in [0.15, 0.2) is 5.96 Å². The summed E-state index contributed by atoms with van der Waals surface area (Å²) in [5, 5.41) is 6.62. The van der Waals surface area contributed by atoms with E-state index in [9.17, 15) is 9.18 Å². The van der Waals surface area contributed by atoms with Gasteiger partial charge in [0.05, 0.1) is 0 Å². The van der Waals surface area contributed by atoms with Crippen molar-refractivity contribution in [3.8, 4) is 0 Å². The van der Waals surface area contributed by atoms with Crippen molar-refractivity contribution in [1.29, 1.82) is 0 Å². The number of nitrogens with one attached hydrogen (secondary N) is 2. The SMILES string of the molecule is CN=C(NCCSCc1ccccc1F)NCC1CC(=O)N(CCc2ccccc2)C1. The Morgan fingerprint density at radius 1 is 1.16 bits per heavy atom. The molecule has 0 aromatic heterocycles. The molecule has 1 atom stereocenters. The van der Waals surface area contributed by atoms with Crippen molar-refractivity contribution in [3.63, 3.8) is 0 Å². The van der Waals surface area contributed by atoms with Gasteiger partial charge in [0.25, 0.3) is 0 Å². The van der Waals surface area contributed by atoms with Crippen LogP contribution in [0, 0.1) is 11.7 Å². The van der Waals surface area contributed by atoms with E-state index in [1.165, 1.54) is 11.6 Å². The normalized spacial score (nSPS) is 16.6. The zero-order chi connectivity index (χ0) is 21.9. The second-order valence-corrected chi connectivity index (χ2v) is 8.77. The first kappa shape index (κ1) is 23.1. The number of aliphatic imine (C=N–C) groups is 1. The van der Waals surface area contributed by atoms with E-state index in [1.807, 2.05) is 35.2 Å². The fourth-order valence-corrected chi connectivity index (χ4v) is 4.46. The Labute approximate surface area is 188 Å². The Hall–Kier alpha value is -2.54. The number of thioether (sulfide) groups is 1. The van der Waals surface area contributed by atoms with Crippen LogP contribution in [-0.4, -0.2) is 55.7 Å². The summed E-state index contributed by atoms with van der Waals surface area (Å²) in [7, 11) is 1.74. The molecule has 0 radical (unpaired) electrons. The average Bonchev–Trinajstić information content (AvgIpc) is 3.15. The minimum atomic E-state index is -0.149. The average molecular weight is 443 g/mol. The third kappa shape index (κ3) is 7.58. The van der Waals surface area contributed by atoms with E-state index in [1.54, 1.807) is 24.9 Å². The molecular formula is C24H31FN4OS. The molecule has 0 bridgehead atoms. The van der Waals surface area contributed by atoms with Crippen molar-refractivity contribution in [3.05, 3.63) is 71.5 Å². The smallest absolute Gasteiger partial charge is 0.223 e. The standard InChI is InChI=1S/C24H31FN4OS/c1-26-24(27-12-14-31-18-21-9-5-6-10-22(21)25)28-16-20-15-23(30)29(17-20)13-11-19-7-3-2-4-8-19/h2-10,20H,11-18H2,1H3,(H2,26,27,28). The maximum atomic E-state index is 13.6. The maximum absolute atomic E-state index is 13.6. The van der Waals surface area contributed by atoms with Crippen molar-refractivity contribution in [1.82, 2.24) is 15.5 Å². The van der Waals surface area contributed by atoms with Gasteiger partial charge in [0.2, 0.25) is 5.91 Å². The van der Waals surface area contributed by atoms with Crippen molar-refractivity contribution < 1.29 is 9.18 Å². The van der Waals surface area contributed by atoms with Crippen LogP contribution < -0.4 is 10.6 Å². The van der Waals surface area contributed by atoms with Gasteiger partial charge in [-0.15, -0.1) is 0 Å². The molecule has 3 rings (SSSR count). The molecule has 1 unspecified atom stereocenters. The summed E-state index contributed by atoms with van der Waals surface area (Å²) in [6, 6.07) is 17.2. The number of rotatable bonds is 10. The number of benzene rings is 2. The predicted octanol–water partition coefficient (Wildman–Crippen LogP) is 3.32. The van der Waals surface area contributed by atoms with Crippen LogP contribution in [0.2, 0.25) is 0 Å². The molecule has 2 aromatic carbocycles. The highest BCUT2D eigenvalue weighted by molar-refractivity contribution is 7.98. The highest BCUT2D eigenvalue weighted by atomic mass is 32.2. The third-order valence-electron chi connectivity index (χ3n) is 5.34. The minimum absolute atomic E-state index is 0.149. The number of guanidine groups is 1. The van der Waals surface area contributed by atoms with Gasteiger partial charge in [-0.3, -0.25) is 9.79 Å². The van der Waals surface area contributed by atoms with Gasteiger partial charge in [-0.25, -0.2) is 4.39 Å². The fraction of sp³-hybridized carbons (Fsp3) is 0.417. The molecule has 1 aliphatic heterocycles. The summed E-state index contributed by atoms with van der Waals surface area (Å²) in [5.74, 6) is 2.62. The Balaban J connectivity index is 1.31. The zero-order valence-electron chi connectivity index (χ0n) is 18.0. The number of halogens is 1. The maximum Gasteiger partial charge on any atom is 0.223 e. The van der Waals surface area contributed by atoms with E-state index >= 15 is 0 Å². The van der Waals surface area contributed by atoms with Gasteiger partial charge in [-0.05, 0) is 23.6 Å². The van der Waals surface area contributed by atoms with Gasteiger partial charge in [0.1, 0.15) is 5.82 Å². The van der Waals surface area contributed by atoms with Crippen molar-refractivity contribution >= 4 is 23.6 Å². The second kappa shape index (κ2) is 12.3. The summed E-state index contributed by atoms with van der Waals surface area (Å²) in [4.78, 5) is 18.6. The van der Waals surface area contributed by atoms with Crippen LogP contribution in [0.15, 0.2) is 59.6 Å². The zero-order valence-corrected chi connectivity index (χ0v) is 18.8. The summed E-state index contributed by atoms with van der Waals surface area (Å²) in [6.07, 6.45) is 1.47. The number of nitrogens with zero attached hydrogens (tertiary/aromatic N) is 2. The molecule has 166 valence electrons.